The number of hydrogen-bond acceptors (Lipinski definition) is 3. The van der Waals surface area contributed by atoms with Gasteiger partial charge in [0, 0.05) is 16.9 Å². The maximum atomic E-state index is 11.1. The minimum Gasteiger partial charge on any atom is -0.267 e. The number of hydrogen-bond donors (Lipinski definition) is 0. The summed E-state index contributed by atoms with van der Waals surface area (Å²) >= 11 is 0. The Hall–Kier alpha value is -2.10. The Bertz CT molecular complexity index is 611. The molecule has 3 rings (SSSR count). The lowest BCUT2D eigenvalue weighted by molar-refractivity contribution is -0.113. The maximum Gasteiger partial charge on any atom is 0.270 e. The molecule has 0 radical (unpaired) electrons. The molecule has 1 aromatic carbocycles. The summed E-state index contributed by atoms with van der Waals surface area (Å²) in [5, 5.41) is 9.21. The van der Waals surface area contributed by atoms with E-state index in [2.05, 4.69) is 15.2 Å². The van der Waals surface area contributed by atoms with Gasteiger partial charge in [-0.05, 0) is 12.1 Å². The molecule has 2 aliphatic heterocycles. The largest absolute Gasteiger partial charge is 0.270 e. The molecule has 4 nitrogen and oxygen atoms in total. The van der Waals surface area contributed by atoms with Crippen molar-refractivity contribution in [1.82, 2.24) is 0 Å². The average Bonchev–Trinajstić information content (AvgIpc) is 2.65. The normalized spacial score (nSPS) is 15.9. The second kappa shape index (κ2) is 2.45. The second-order valence-electron chi connectivity index (χ2n) is 3.06. The number of benzene rings is 1. The molecule has 1 amide bonds. The van der Waals surface area contributed by atoms with Gasteiger partial charge in [0.15, 0.2) is 0 Å². The van der Waals surface area contributed by atoms with Gasteiger partial charge in [-0.2, -0.15) is 10.2 Å². The van der Waals surface area contributed by atoms with Gasteiger partial charge in [0.05, 0.1) is 17.2 Å². The molecule has 0 saturated heterocycles. The summed E-state index contributed by atoms with van der Waals surface area (Å²) < 4.78 is 0. The van der Waals surface area contributed by atoms with Crippen LogP contribution in [0.25, 0.3) is 12.3 Å². The Morgan fingerprint density at radius 1 is 1.14 bits per heavy atom. The highest BCUT2D eigenvalue weighted by Crippen LogP contribution is 2.11. The van der Waals surface area contributed by atoms with E-state index in [1.165, 1.54) is 6.08 Å². The first kappa shape index (κ1) is 7.32. The molecule has 0 aliphatic carbocycles. The Kier molecular flexibility index (Phi) is 1.28. The third-order valence-electron chi connectivity index (χ3n) is 2.21. The fourth-order valence-electron chi connectivity index (χ4n) is 1.55. The zero-order valence-corrected chi connectivity index (χ0v) is 7.14. The molecule has 14 heavy (non-hydrogen) atoms. The van der Waals surface area contributed by atoms with Gasteiger partial charge in [0.1, 0.15) is 0 Å². The number of nitrogens with zero attached hydrogens (tertiary/aromatic N) is 3. The van der Waals surface area contributed by atoms with Crippen LogP contribution in [-0.4, -0.2) is 5.91 Å². The summed E-state index contributed by atoms with van der Waals surface area (Å²) in [4.78, 5) is 15.0. The van der Waals surface area contributed by atoms with E-state index in [1.807, 2.05) is 12.1 Å². The molecule has 2 heterocycles. The van der Waals surface area contributed by atoms with Crippen LogP contribution in [0.1, 0.15) is 5.56 Å². The summed E-state index contributed by atoms with van der Waals surface area (Å²) in [6.07, 6.45) is 4.85. The highest BCUT2D eigenvalue weighted by molar-refractivity contribution is 5.94. The second-order valence-corrected chi connectivity index (χ2v) is 3.06. The molecular formula is C10H5N3O. The Morgan fingerprint density at radius 2 is 2.07 bits per heavy atom. The van der Waals surface area contributed by atoms with Crippen molar-refractivity contribution < 1.29 is 4.79 Å². The van der Waals surface area contributed by atoms with Gasteiger partial charge >= 0.3 is 0 Å². The smallest absolute Gasteiger partial charge is 0.267 e. The molecule has 0 aromatic heterocycles. The third kappa shape index (κ3) is 0.877. The van der Waals surface area contributed by atoms with E-state index in [4.69, 9.17) is 0 Å². The predicted octanol–water partition coefficient (Wildman–Crippen LogP) is 0.695. The molecule has 4 heteroatoms. The van der Waals surface area contributed by atoms with Gasteiger partial charge in [-0.25, -0.2) is 4.99 Å². The Morgan fingerprint density at radius 3 is 3.00 bits per heavy atom. The Balaban J connectivity index is 2.51. The molecule has 0 atom stereocenters. The van der Waals surface area contributed by atoms with E-state index in [0.29, 0.717) is 5.36 Å². The first-order valence-electron chi connectivity index (χ1n) is 4.19. The van der Waals surface area contributed by atoms with Crippen molar-refractivity contribution in [3.63, 3.8) is 0 Å². The number of carbonyl (C=O) groups excluding carboxylic acids is 1. The minimum atomic E-state index is -0.230. The average molecular weight is 183 g/mol. The van der Waals surface area contributed by atoms with Gasteiger partial charge in [-0.15, -0.1) is 0 Å². The molecule has 66 valence electrons. The summed E-state index contributed by atoms with van der Waals surface area (Å²) in [5.41, 5.74) is 1.71. The summed E-state index contributed by atoms with van der Waals surface area (Å²) in [7, 11) is 0. The number of fused-ring (bicyclic) bond motifs is 3. The monoisotopic (exact) mass is 183 g/mol. The molecule has 0 bridgehead atoms. The topological polar surface area (TPSA) is 54.1 Å². The fraction of sp³-hybridized carbons (Fsp3) is 0. The van der Waals surface area contributed by atoms with E-state index in [-0.39, 0.29) is 5.91 Å². The minimum absolute atomic E-state index is 0.230. The molecule has 0 N–H and O–H groups in total. The molecule has 0 saturated carbocycles. The highest BCUT2D eigenvalue weighted by Gasteiger charge is 2.09. The van der Waals surface area contributed by atoms with Crippen LogP contribution in [0.4, 0.5) is 5.69 Å². The molecule has 2 aliphatic rings. The van der Waals surface area contributed by atoms with Crippen LogP contribution in [-0.2, 0) is 4.79 Å². The number of azo groups is 1. The van der Waals surface area contributed by atoms with Crippen molar-refractivity contribution in [2.45, 2.75) is 0 Å². The van der Waals surface area contributed by atoms with Crippen LogP contribution in [0.5, 0.6) is 0 Å². The summed E-state index contributed by atoms with van der Waals surface area (Å²) in [5.74, 6) is -0.230. The molecule has 0 spiro atoms. The van der Waals surface area contributed by atoms with Gasteiger partial charge < -0.3 is 0 Å². The number of amides is 1. The Labute approximate surface area is 79.0 Å². The van der Waals surface area contributed by atoms with Crippen LogP contribution in [0, 0.1) is 0 Å². The van der Waals surface area contributed by atoms with Gasteiger partial charge in [-0.3, -0.25) is 4.79 Å². The van der Waals surface area contributed by atoms with Crippen molar-refractivity contribution in [2.75, 3.05) is 0 Å². The van der Waals surface area contributed by atoms with Gasteiger partial charge in [-0.1, -0.05) is 6.07 Å². The van der Waals surface area contributed by atoms with Gasteiger partial charge in [0.2, 0.25) is 0 Å². The first-order chi connectivity index (χ1) is 6.84. The van der Waals surface area contributed by atoms with Crippen LogP contribution >= 0.6 is 0 Å². The van der Waals surface area contributed by atoms with Crippen molar-refractivity contribution >= 4 is 23.9 Å². The standard InChI is InChI=1S/C10H5N3O/c14-9-4-2-6-1-3-8-7(5-11-13-8)10(6)12-9/h1-5H. The molecule has 0 unspecified atom stereocenters. The van der Waals surface area contributed by atoms with Crippen molar-refractivity contribution in [3.05, 3.63) is 34.3 Å². The van der Waals surface area contributed by atoms with Crippen LogP contribution in [0.15, 0.2) is 33.4 Å². The maximum absolute atomic E-state index is 11.1. The SMILES string of the molecule is O=C1C=Cc2ccc3c(c2=N1)=CN=N3. The number of carbonyl (C=O) groups is 1. The third-order valence-corrected chi connectivity index (χ3v) is 2.21. The van der Waals surface area contributed by atoms with Crippen LogP contribution in [0.3, 0.4) is 0 Å². The van der Waals surface area contributed by atoms with E-state index < -0.39 is 0 Å². The van der Waals surface area contributed by atoms with Crippen molar-refractivity contribution in [1.29, 1.82) is 0 Å². The molecule has 1 aromatic rings. The van der Waals surface area contributed by atoms with Gasteiger partial charge in [0.25, 0.3) is 5.91 Å². The van der Waals surface area contributed by atoms with Crippen LogP contribution in [0.2, 0.25) is 0 Å². The number of rotatable bonds is 0. The van der Waals surface area contributed by atoms with E-state index in [9.17, 15) is 4.79 Å². The highest BCUT2D eigenvalue weighted by atomic mass is 16.1. The van der Waals surface area contributed by atoms with E-state index in [0.717, 1.165) is 16.5 Å². The summed E-state index contributed by atoms with van der Waals surface area (Å²) in [6.45, 7) is 0. The quantitative estimate of drug-likeness (QED) is 0.584. The predicted molar refractivity (Wildman–Crippen MR) is 50.2 cm³/mol. The van der Waals surface area contributed by atoms with E-state index in [1.54, 1.807) is 12.3 Å². The zero-order valence-electron chi connectivity index (χ0n) is 7.14. The molecule has 0 fully saturated rings. The lowest BCUT2D eigenvalue weighted by Gasteiger charge is -2.00. The first-order valence-corrected chi connectivity index (χ1v) is 4.19. The van der Waals surface area contributed by atoms with Crippen LogP contribution < -0.4 is 10.6 Å². The molecular weight excluding hydrogens is 178 g/mol. The lowest BCUT2D eigenvalue weighted by atomic mass is 10.1. The van der Waals surface area contributed by atoms with Crippen molar-refractivity contribution in [2.24, 2.45) is 15.2 Å². The summed E-state index contributed by atoms with van der Waals surface area (Å²) in [6, 6.07) is 3.76. The lowest BCUT2D eigenvalue weighted by Crippen LogP contribution is -2.29. The van der Waals surface area contributed by atoms with Crippen molar-refractivity contribution in [3.8, 4) is 0 Å². The fourth-order valence-corrected chi connectivity index (χ4v) is 1.55. The van der Waals surface area contributed by atoms with E-state index >= 15 is 0 Å². The zero-order chi connectivity index (χ0) is 9.54.